The predicted octanol–water partition coefficient (Wildman–Crippen LogP) is 2.35. The van der Waals surface area contributed by atoms with E-state index in [9.17, 15) is 23.2 Å². The zero-order valence-corrected chi connectivity index (χ0v) is 14.6. The van der Waals surface area contributed by atoms with E-state index in [0.29, 0.717) is 10.8 Å². The van der Waals surface area contributed by atoms with Crippen LogP contribution < -0.4 is 10.6 Å². The number of rotatable bonds is 4. The van der Waals surface area contributed by atoms with E-state index in [0.717, 1.165) is 28.4 Å². The van der Waals surface area contributed by atoms with Gasteiger partial charge >= 0.3 is 6.03 Å². The summed E-state index contributed by atoms with van der Waals surface area (Å²) in [4.78, 5) is 41.1. The fourth-order valence-corrected chi connectivity index (χ4v) is 3.34. The Morgan fingerprint density at radius 2 is 2.08 bits per heavy atom. The normalized spacial score (nSPS) is 19.6. The molecular formula is C16H14F2N4O3S. The Balaban J connectivity index is 1.83. The maximum absolute atomic E-state index is 13.5. The molecule has 1 unspecified atom stereocenters. The number of thiazole rings is 1. The molecular weight excluding hydrogens is 366 g/mol. The summed E-state index contributed by atoms with van der Waals surface area (Å²) < 4.78 is 26.7. The molecule has 0 radical (unpaired) electrons. The molecule has 1 aliphatic rings. The van der Waals surface area contributed by atoms with Crippen LogP contribution in [0.3, 0.4) is 0 Å². The molecule has 7 nitrogen and oxygen atoms in total. The molecule has 0 spiro atoms. The molecule has 4 amide bonds. The molecule has 1 saturated heterocycles. The summed E-state index contributed by atoms with van der Waals surface area (Å²) in [5, 5.41) is 6.98. The molecule has 136 valence electrons. The molecule has 0 bridgehead atoms. The van der Waals surface area contributed by atoms with Crippen molar-refractivity contribution in [3.05, 3.63) is 46.5 Å². The minimum Gasteiger partial charge on any atom is -0.319 e. The largest absolute Gasteiger partial charge is 0.325 e. The number of halogens is 2. The predicted molar refractivity (Wildman–Crippen MR) is 89.2 cm³/mol. The lowest BCUT2D eigenvalue weighted by Gasteiger charge is -2.22. The zero-order chi connectivity index (χ0) is 19.1. The average molecular weight is 380 g/mol. The number of anilines is 1. The molecule has 1 aromatic heterocycles. The Morgan fingerprint density at radius 3 is 2.73 bits per heavy atom. The highest BCUT2D eigenvalue weighted by Gasteiger charge is 2.49. The van der Waals surface area contributed by atoms with Crippen molar-refractivity contribution in [3.63, 3.8) is 0 Å². The van der Waals surface area contributed by atoms with Gasteiger partial charge in [0, 0.05) is 12.3 Å². The zero-order valence-electron chi connectivity index (χ0n) is 13.8. The summed E-state index contributed by atoms with van der Waals surface area (Å²) in [5.41, 5.74) is -0.964. The van der Waals surface area contributed by atoms with Gasteiger partial charge in [-0.3, -0.25) is 14.5 Å². The summed E-state index contributed by atoms with van der Waals surface area (Å²) in [7, 11) is 0. The van der Waals surface area contributed by atoms with Crippen LogP contribution in [0, 0.1) is 11.6 Å². The van der Waals surface area contributed by atoms with Gasteiger partial charge in [0.1, 0.15) is 5.54 Å². The number of hydrogen-bond acceptors (Lipinski definition) is 5. The van der Waals surface area contributed by atoms with E-state index in [-0.39, 0.29) is 18.0 Å². The number of imide groups is 1. The van der Waals surface area contributed by atoms with Gasteiger partial charge in [-0.1, -0.05) is 6.07 Å². The van der Waals surface area contributed by atoms with Crippen molar-refractivity contribution in [1.29, 1.82) is 0 Å². The van der Waals surface area contributed by atoms with Crippen molar-refractivity contribution in [2.75, 3.05) is 5.32 Å². The van der Waals surface area contributed by atoms with Crippen LogP contribution >= 0.6 is 11.3 Å². The second-order valence-electron chi connectivity index (χ2n) is 5.90. The van der Waals surface area contributed by atoms with E-state index >= 15 is 0 Å². The first kappa shape index (κ1) is 17.9. The molecule has 1 aromatic carbocycles. The molecule has 2 aromatic rings. The van der Waals surface area contributed by atoms with Crippen molar-refractivity contribution < 1.29 is 23.2 Å². The fraction of sp³-hybridized carbons (Fsp3) is 0.250. The molecule has 26 heavy (non-hydrogen) atoms. The number of amides is 4. The molecule has 1 atom stereocenters. The smallest absolute Gasteiger partial charge is 0.319 e. The van der Waals surface area contributed by atoms with E-state index in [1.165, 1.54) is 19.9 Å². The van der Waals surface area contributed by atoms with Gasteiger partial charge in [-0.05, 0) is 24.6 Å². The molecule has 3 rings (SSSR count). The second-order valence-corrected chi connectivity index (χ2v) is 6.76. The van der Waals surface area contributed by atoms with Crippen LogP contribution in [0.25, 0.3) is 0 Å². The van der Waals surface area contributed by atoms with Crippen molar-refractivity contribution >= 4 is 34.3 Å². The van der Waals surface area contributed by atoms with Gasteiger partial charge in [-0.2, -0.15) is 0 Å². The number of hydrogen-bond donors (Lipinski definition) is 2. The third-order valence-corrected chi connectivity index (χ3v) is 4.73. The summed E-state index contributed by atoms with van der Waals surface area (Å²) in [6.07, 6.45) is 0. The summed E-state index contributed by atoms with van der Waals surface area (Å²) >= 11 is 1.16. The highest BCUT2D eigenvalue weighted by atomic mass is 32.1. The number of aromatic nitrogens is 1. The summed E-state index contributed by atoms with van der Waals surface area (Å²) in [6, 6.07) is 2.36. The van der Waals surface area contributed by atoms with E-state index < -0.39 is 29.1 Å². The topological polar surface area (TPSA) is 91.4 Å². The standard InChI is InChI=1S/C16H14F2N4O3S/c1-8(23)19-14-20-10(7-26-14)6-22-13(24)16(2,21-15(22)25)9-3-4-11(17)12(18)5-9/h3-5,7H,6H2,1-2H3,(H,21,25)(H,19,20,23). The fourth-order valence-electron chi connectivity index (χ4n) is 2.59. The Morgan fingerprint density at radius 1 is 1.35 bits per heavy atom. The van der Waals surface area contributed by atoms with Crippen molar-refractivity contribution in [2.24, 2.45) is 0 Å². The van der Waals surface area contributed by atoms with E-state index in [2.05, 4.69) is 15.6 Å². The number of nitrogens with one attached hydrogen (secondary N) is 2. The van der Waals surface area contributed by atoms with Gasteiger partial charge < -0.3 is 10.6 Å². The number of benzene rings is 1. The van der Waals surface area contributed by atoms with Crippen LogP contribution in [0.5, 0.6) is 0 Å². The second kappa shape index (κ2) is 6.45. The lowest BCUT2D eigenvalue weighted by atomic mass is 9.92. The quantitative estimate of drug-likeness (QED) is 0.797. The maximum atomic E-state index is 13.5. The van der Waals surface area contributed by atoms with Crippen molar-refractivity contribution in [2.45, 2.75) is 25.9 Å². The molecule has 0 aliphatic carbocycles. The first-order chi connectivity index (χ1) is 12.2. The first-order valence-electron chi connectivity index (χ1n) is 7.52. The van der Waals surface area contributed by atoms with Crippen LogP contribution in [-0.4, -0.2) is 27.7 Å². The van der Waals surface area contributed by atoms with Crippen LogP contribution in [0.4, 0.5) is 18.7 Å². The third-order valence-electron chi connectivity index (χ3n) is 3.93. The summed E-state index contributed by atoms with van der Waals surface area (Å²) in [5.74, 6) is -3.04. The van der Waals surface area contributed by atoms with Crippen LogP contribution in [0.15, 0.2) is 23.6 Å². The van der Waals surface area contributed by atoms with Crippen molar-refractivity contribution in [3.8, 4) is 0 Å². The van der Waals surface area contributed by atoms with Crippen molar-refractivity contribution in [1.82, 2.24) is 15.2 Å². The molecule has 1 aliphatic heterocycles. The van der Waals surface area contributed by atoms with Gasteiger partial charge in [0.25, 0.3) is 5.91 Å². The highest BCUT2D eigenvalue weighted by Crippen LogP contribution is 2.31. The monoisotopic (exact) mass is 380 g/mol. The van der Waals surface area contributed by atoms with Gasteiger partial charge in [0.15, 0.2) is 16.8 Å². The summed E-state index contributed by atoms with van der Waals surface area (Å²) in [6.45, 7) is 2.65. The van der Waals surface area contributed by atoms with Gasteiger partial charge in [0.2, 0.25) is 5.91 Å². The Kier molecular flexibility index (Phi) is 4.45. The van der Waals surface area contributed by atoms with Gasteiger partial charge in [0.05, 0.1) is 12.2 Å². The molecule has 2 N–H and O–H groups in total. The van der Waals surface area contributed by atoms with E-state index in [4.69, 9.17) is 0 Å². The minimum absolute atomic E-state index is 0.111. The molecule has 1 fully saturated rings. The Hall–Kier alpha value is -2.88. The minimum atomic E-state index is -1.51. The van der Waals surface area contributed by atoms with Crippen LogP contribution in [-0.2, 0) is 21.7 Å². The highest BCUT2D eigenvalue weighted by molar-refractivity contribution is 7.13. The molecule has 2 heterocycles. The average Bonchev–Trinajstić information content (AvgIpc) is 3.08. The lowest BCUT2D eigenvalue weighted by Crippen LogP contribution is -2.41. The van der Waals surface area contributed by atoms with E-state index in [1.807, 2.05) is 0 Å². The third kappa shape index (κ3) is 3.15. The Labute approximate surface area is 151 Å². The van der Waals surface area contributed by atoms with Gasteiger partial charge in [-0.25, -0.2) is 18.6 Å². The maximum Gasteiger partial charge on any atom is 0.325 e. The van der Waals surface area contributed by atoms with Crippen LogP contribution in [0.1, 0.15) is 25.1 Å². The SMILES string of the molecule is CC(=O)Nc1nc(CN2C(=O)NC(C)(c3ccc(F)c(F)c3)C2=O)cs1. The lowest BCUT2D eigenvalue weighted by molar-refractivity contribution is -0.131. The number of carbonyl (C=O) groups excluding carboxylic acids is 3. The number of carbonyl (C=O) groups is 3. The van der Waals surface area contributed by atoms with Gasteiger partial charge in [-0.15, -0.1) is 11.3 Å². The molecule has 10 heteroatoms. The number of urea groups is 1. The molecule has 0 saturated carbocycles. The Bertz CT molecular complexity index is 917. The number of nitrogens with zero attached hydrogens (tertiary/aromatic N) is 2. The first-order valence-corrected chi connectivity index (χ1v) is 8.40. The van der Waals surface area contributed by atoms with E-state index in [1.54, 1.807) is 5.38 Å². The van der Waals surface area contributed by atoms with Crippen LogP contribution in [0.2, 0.25) is 0 Å².